The van der Waals surface area contributed by atoms with Crippen molar-refractivity contribution in [3.05, 3.63) is 171 Å². The van der Waals surface area contributed by atoms with Crippen LogP contribution in [0.25, 0.3) is 31.2 Å². The lowest BCUT2D eigenvalue weighted by Gasteiger charge is -2.27. The molecule has 0 saturated heterocycles. The van der Waals surface area contributed by atoms with Crippen LogP contribution in [0.5, 0.6) is 28.7 Å². The van der Waals surface area contributed by atoms with Crippen LogP contribution in [0.15, 0.2) is 160 Å². The third-order valence-electron chi connectivity index (χ3n) is 25.6. The van der Waals surface area contributed by atoms with Crippen molar-refractivity contribution in [1.82, 2.24) is 4.98 Å². The molecule has 32 heteroatoms. The fourth-order valence-corrected chi connectivity index (χ4v) is 18.7. The standard InChI is InChI=1S/C36H37NO6S2.C16H28O4.C16H28O3.C15H18O6.C15H24O5.C15H18O5/c1-20-4-19-31(44-20)25-9-11-26(12-10-25)34-37-32-29(42-35(40)27-13-5-23(6-14-27)21(2)38)17-18-30(33(32)45-34)43-36(41)28-15-7-24(8-16-28)22(3)39;1-3-16(17)20-13-7-5-4-6-12-19-15-10-8-14(18-2)9-11-15;1-3-16(17)19-13-7-5-4-6-8-14-9-11-15(18-2)12-10-14;1-3-14(16)19-10-4-5-11-20-15(17)21-13-8-6-12(18-2)7-9-13;2*1-3-14(16)19-10-4-5-11-20-15(17)12-6-8-13(18-2)9-7-12/h4,9-12,17-19,23-24,27-28H,5-8,13-16H2,1-3H3;3,14-15H,1,4-13H2,2H3;3,14-15H,1,4-13H2,2H3;3,6-9H,1,4-5,10-11H2,2H3;3,12-13H,1,4-11H2,2H3;3,6-9H,1,4-5,10-11H2,2H3. The smallest absolute Gasteiger partial charge is 0.497 e. The van der Waals surface area contributed by atoms with E-state index < -0.39 is 24.1 Å². The quantitative estimate of drug-likeness (QED) is 0.00854. The summed E-state index contributed by atoms with van der Waals surface area (Å²) in [5.41, 5.74) is 2.99. The molecule has 0 amide bonds. The normalized spacial score (nSPS) is 18.6. The summed E-state index contributed by atoms with van der Waals surface area (Å²) in [6.07, 6.45) is 39.1. The average Bonchev–Trinajstić information content (AvgIpc) is 1.63. The maximum absolute atomic E-state index is 13.3. The Hall–Kier alpha value is -11.6. The number of methoxy groups -OCH3 is 5. The van der Waals surface area contributed by atoms with Crippen molar-refractivity contribution in [1.29, 1.82) is 0 Å². The topological polar surface area (TPSA) is 375 Å². The lowest BCUT2D eigenvalue weighted by Crippen LogP contribution is -2.28. The fraction of sp³-hybridized carbons (Fsp3) is 0.549. The van der Waals surface area contributed by atoms with Crippen molar-refractivity contribution >= 4 is 104 Å². The van der Waals surface area contributed by atoms with Gasteiger partial charge in [0.05, 0.1) is 115 Å². The van der Waals surface area contributed by atoms with E-state index in [1.807, 2.05) is 19.2 Å². The van der Waals surface area contributed by atoms with Gasteiger partial charge in [-0.1, -0.05) is 89.3 Å². The van der Waals surface area contributed by atoms with Gasteiger partial charge in [-0.05, 0) is 298 Å². The molecular formula is C113H153NO29S2. The number of thiazole rings is 1. The number of carbonyl (C=O) groups is 12. The number of unbranched alkanes of at least 4 members (excludes halogenated alkanes) is 9. The van der Waals surface area contributed by atoms with E-state index in [1.54, 1.807) is 114 Å². The van der Waals surface area contributed by atoms with Crippen LogP contribution in [-0.4, -0.2) is 196 Å². The molecule has 2 heterocycles. The van der Waals surface area contributed by atoms with Crippen molar-refractivity contribution in [2.75, 3.05) is 95.0 Å². The molecule has 0 N–H and O–H groups in total. The second-order valence-electron chi connectivity index (χ2n) is 36.0. The summed E-state index contributed by atoms with van der Waals surface area (Å²) < 4.78 is 88.9. The molecule has 5 saturated carbocycles. The highest BCUT2D eigenvalue weighted by molar-refractivity contribution is 7.22. The third-order valence-corrected chi connectivity index (χ3v) is 27.8. The molecule has 0 atom stereocenters. The molecule has 4 aromatic carbocycles. The molecule has 0 spiro atoms. The zero-order chi connectivity index (χ0) is 105. The maximum Gasteiger partial charge on any atom is 0.513 e. The summed E-state index contributed by atoms with van der Waals surface area (Å²) >= 11 is 3.14. The molecule has 0 unspecified atom stereocenters. The number of ether oxygens (including phenoxy) is 17. The predicted molar refractivity (Wildman–Crippen MR) is 555 cm³/mol. The predicted octanol–water partition coefficient (Wildman–Crippen LogP) is 23.0. The number of carbonyl (C=O) groups excluding carboxylic acids is 12. The van der Waals surface area contributed by atoms with E-state index in [1.165, 1.54) is 78.2 Å². The number of rotatable bonds is 51. The van der Waals surface area contributed by atoms with Gasteiger partial charge in [-0.25, -0.2) is 38.5 Å². The number of benzene rings is 4. The Kier molecular flexibility index (Phi) is 60.5. The molecule has 796 valence electrons. The average molecular weight is 2050 g/mol. The minimum Gasteiger partial charge on any atom is -0.497 e. The fourth-order valence-electron chi connectivity index (χ4n) is 16.8. The third kappa shape index (κ3) is 49.0. The van der Waals surface area contributed by atoms with Gasteiger partial charge in [0.1, 0.15) is 44.0 Å². The van der Waals surface area contributed by atoms with Gasteiger partial charge in [-0.15, -0.1) is 22.7 Å². The van der Waals surface area contributed by atoms with Gasteiger partial charge in [0, 0.05) is 85.5 Å². The number of Topliss-reactive ketones (excluding diaryl/α,β-unsaturated/α-hetero) is 2. The van der Waals surface area contributed by atoms with Gasteiger partial charge < -0.3 is 80.5 Å². The van der Waals surface area contributed by atoms with E-state index in [0.717, 1.165) is 137 Å². The van der Waals surface area contributed by atoms with Crippen LogP contribution in [0.3, 0.4) is 0 Å². The van der Waals surface area contributed by atoms with Gasteiger partial charge in [0.2, 0.25) is 0 Å². The Bertz CT molecular complexity index is 4820. The molecule has 5 aliphatic rings. The van der Waals surface area contributed by atoms with Crippen LogP contribution in [0.2, 0.25) is 0 Å². The summed E-state index contributed by atoms with van der Waals surface area (Å²) in [5, 5.41) is 0.726. The van der Waals surface area contributed by atoms with Crippen LogP contribution in [0.4, 0.5) is 4.79 Å². The zero-order valence-electron chi connectivity index (χ0n) is 86.1. The SMILES string of the molecule is C=CC(=O)OCCCCCCC1CCC(OC)CC1.C=CC(=O)OCCCCCCOC1CCC(OC)CC1.C=CC(=O)OCCCCOC(=O)C1CCC(OC)CC1.C=CC(=O)OCCCCOC(=O)Oc1ccc(OC)cc1.C=CC(=O)OCCCCOC(=O)c1ccc(OC)cc1.CC(=O)C1CCC(C(=O)Oc2ccc(OC(=O)C3CCC(C(C)=O)CC3)c3sc(-c4ccc(-c5ccc(C)s5)cc4)nc23)CC1. The van der Waals surface area contributed by atoms with Crippen LogP contribution >= 0.6 is 22.7 Å². The van der Waals surface area contributed by atoms with E-state index in [-0.39, 0.29) is 96.8 Å². The summed E-state index contributed by atoms with van der Waals surface area (Å²) in [4.78, 5) is 146. The van der Waals surface area contributed by atoms with Crippen LogP contribution in [0.1, 0.15) is 254 Å². The molecule has 11 rings (SSSR count). The highest BCUT2D eigenvalue weighted by Crippen LogP contribution is 2.44. The first-order chi connectivity index (χ1) is 70.2. The molecule has 30 nitrogen and oxygen atoms in total. The lowest BCUT2D eigenvalue weighted by molar-refractivity contribution is -0.151. The highest BCUT2D eigenvalue weighted by Gasteiger charge is 2.34. The molecule has 6 aromatic rings. The van der Waals surface area contributed by atoms with Gasteiger partial charge in [-0.2, -0.15) is 0 Å². The van der Waals surface area contributed by atoms with Gasteiger partial charge in [-0.3, -0.25) is 24.0 Å². The number of thiophene rings is 1. The van der Waals surface area contributed by atoms with E-state index >= 15 is 0 Å². The van der Waals surface area contributed by atoms with Gasteiger partial charge in [0.15, 0.2) is 11.5 Å². The molecule has 5 aliphatic carbocycles. The van der Waals surface area contributed by atoms with Crippen LogP contribution in [-0.2, 0) is 105 Å². The summed E-state index contributed by atoms with van der Waals surface area (Å²) in [5.74, 6) is 0.135. The monoisotopic (exact) mass is 2050 g/mol. The van der Waals surface area contributed by atoms with E-state index in [4.69, 9.17) is 85.5 Å². The lowest BCUT2D eigenvalue weighted by atomic mass is 9.80. The Morgan fingerprint density at radius 1 is 0.331 bits per heavy atom. The number of ketones is 2. The summed E-state index contributed by atoms with van der Waals surface area (Å²) in [7, 11) is 8.44. The second kappa shape index (κ2) is 71.9. The van der Waals surface area contributed by atoms with Gasteiger partial charge >= 0.3 is 59.9 Å². The number of aromatic nitrogens is 1. The molecular weight excluding hydrogens is 1900 g/mol. The number of aryl methyl sites for hydroxylation is 1. The van der Waals surface area contributed by atoms with Crippen LogP contribution in [0, 0.1) is 42.4 Å². The van der Waals surface area contributed by atoms with Crippen LogP contribution < -0.4 is 23.7 Å². The first-order valence-corrected chi connectivity index (χ1v) is 52.5. The Balaban J connectivity index is 0.000000279. The number of nitrogens with zero attached hydrogens (tertiary/aromatic N) is 1. The molecule has 0 aliphatic heterocycles. The minimum absolute atomic E-state index is 0.0139. The molecule has 2 aromatic heterocycles. The Morgan fingerprint density at radius 3 is 1.11 bits per heavy atom. The minimum atomic E-state index is -0.775. The van der Waals surface area contributed by atoms with E-state index in [9.17, 15) is 57.5 Å². The van der Waals surface area contributed by atoms with Crippen molar-refractivity contribution < 1.29 is 138 Å². The van der Waals surface area contributed by atoms with Crippen molar-refractivity contribution in [2.45, 2.75) is 270 Å². The molecule has 0 bridgehead atoms. The number of fused-ring (bicyclic) bond motifs is 1. The van der Waals surface area contributed by atoms with E-state index in [0.29, 0.717) is 192 Å². The number of esters is 9. The molecule has 145 heavy (non-hydrogen) atoms. The zero-order valence-corrected chi connectivity index (χ0v) is 87.8. The Labute approximate surface area is 863 Å². The molecule has 0 radical (unpaired) electrons. The summed E-state index contributed by atoms with van der Waals surface area (Å²) in [6, 6.07) is 29.0. The van der Waals surface area contributed by atoms with Crippen molar-refractivity contribution in [3.63, 3.8) is 0 Å². The largest absolute Gasteiger partial charge is 0.513 e. The second-order valence-corrected chi connectivity index (χ2v) is 38.3. The van der Waals surface area contributed by atoms with Gasteiger partial charge in [0.25, 0.3) is 0 Å². The maximum atomic E-state index is 13.3. The highest BCUT2D eigenvalue weighted by atomic mass is 32.1. The Morgan fingerprint density at radius 2 is 0.683 bits per heavy atom. The number of hydrogen-bond acceptors (Lipinski definition) is 32. The molecule has 5 fully saturated rings. The first kappa shape index (κ1) is 122. The first-order valence-electron chi connectivity index (χ1n) is 50.8. The van der Waals surface area contributed by atoms with Crippen molar-refractivity contribution in [2.24, 2.45) is 35.5 Å². The van der Waals surface area contributed by atoms with Crippen molar-refractivity contribution in [3.8, 4) is 49.8 Å². The summed E-state index contributed by atoms with van der Waals surface area (Å²) in [6.45, 7) is 25.6. The number of hydrogen-bond donors (Lipinski definition) is 0. The van der Waals surface area contributed by atoms with E-state index in [2.05, 4.69) is 64.1 Å².